The zero-order valence-corrected chi connectivity index (χ0v) is 23.4. The Balaban J connectivity index is 1.33. The van der Waals surface area contributed by atoms with E-state index in [0.717, 1.165) is 22.1 Å². The first-order valence-electron chi connectivity index (χ1n) is 14.5. The highest BCUT2D eigenvalue weighted by Crippen LogP contribution is 2.57. The lowest BCUT2D eigenvalue weighted by molar-refractivity contribution is -0.144. The molecule has 7 rings (SSSR count). The standard InChI is InChI=1S/C34H33N3O5/c1-33-16-7-18-35(25-12-3-2-4-13-25)30(39)27(33)28-31(40)37(20-9-21-38)29-32(41)36(19-8-17-34(28,29)42-33)26-15-14-23-10-5-6-11-24(23)22-26/h2-8,10-17,22,27-29,38H,9,18-21H2,1H3/t27-,28-,29?,33+,34-/m0/s1. The van der Waals surface area contributed by atoms with E-state index in [-0.39, 0.29) is 30.9 Å². The van der Waals surface area contributed by atoms with Crippen LogP contribution in [0.15, 0.2) is 97.1 Å². The van der Waals surface area contributed by atoms with Gasteiger partial charge in [0.15, 0.2) is 0 Å². The molecule has 3 amide bonds. The Labute approximate surface area is 244 Å². The molecule has 0 saturated carbocycles. The number of anilines is 2. The predicted octanol–water partition coefficient (Wildman–Crippen LogP) is 3.70. The Kier molecular flexibility index (Phi) is 6.29. The molecule has 8 heteroatoms. The summed E-state index contributed by atoms with van der Waals surface area (Å²) in [6.45, 7) is 2.56. The highest BCUT2D eigenvalue weighted by atomic mass is 16.5. The first kappa shape index (κ1) is 26.6. The van der Waals surface area contributed by atoms with E-state index in [2.05, 4.69) is 0 Å². The van der Waals surface area contributed by atoms with Gasteiger partial charge in [-0.25, -0.2) is 0 Å². The number of rotatable bonds is 5. The van der Waals surface area contributed by atoms with Crippen LogP contribution in [0, 0.1) is 11.8 Å². The van der Waals surface area contributed by atoms with Gasteiger partial charge in [0.1, 0.15) is 11.6 Å². The summed E-state index contributed by atoms with van der Waals surface area (Å²) in [6.07, 6.45) is 7.85. The van der Waals surface area contributed by atoms with Crippen LogP contribution in [0.1, 0.15) is 13.3 Å². The van der Waals surface area contributed by atoms with Gasteiger partial charge in [-0.3, -0.25) is 14.4 Å². The zero-order chi connectivity index (χ0) is 29.1. The molecule has 1 spiro atoms. The highest BCUT2D eigenvalue weighted by Gasteiger charge is 2.74. The van der Waals surface area contributed by atoms with Crippen molar-refractivity contribution in [3.8, 4) is 0 Å². The third-order valence-corrected chi connectivity index (χ3v) is 9.23. The Morgan fingerprint density at radius 3 is 2.24 bits per heavy atom. The van der Waals surface area contributed by atoms with Crippen LogP contribution < -0.4 is 9.80 Å². The number of amides is 3. The molecule has 2 fully saturated rings. The molecule has 1 unspecified atom stereocenters. The van der Waals surface area contributed by atoms with E-state index in [4.69, 9.17) is 4.74 Å². The number of fused-ring (bicyclic) bond motifs is 3. The second kappa shape index (κ2) is 9.93. The smallest absolute Gasteiger partial charge is 0.253 e. The average Bonchev–Trinajstić information content (AvgIpc) is 3.26. The number of aliphatic hydroxyl groups is 1. The van der Waals surface area contributed by atoms with Crippen molar-refractivity contribution >= 4 is 39.9 Å². The molecule has 1 N–H and O–H groups in total. The van der Waals surface area contributed by atoms with Gasteiger partial charge in [0.05, 0.1) is 17.4 Å². The molecule has 4 aliphatic rings. The fourth-order valence-electron chi connectivity index (χ4n) is 7.42. The molecule has 0 aliphatic carbocycles. The summed E-state index contributed by atoms with van der Waals surface area (Å²) in [5.41, 5.74) is -0.964. The maximum atomic E-state index is 14.6. The number of hydrogen-bond acceptors (Lipinski definition) is 5. The normalized spacial score (nSPS) is 30.4. The summed E-state index contributed by atoms with van der Waals surface area (Å²) >= 11 is 0. The van der Waals surface area contributed by atoms with Gasteiger partial charge in [0.2, 0.25) is 11.8 Å². The van der Waals surface area contributed by atoms with E-state index in [1.165, 1.54) is 0 Å². The number of para-hydroxylation sites is 1. The molecule has 3 aromatic rings. The third kappa shape index (κ3) is 3.86. The third-order valence-electron chi connectivity index (χ3n) is 9.23. The van der Waals surface area contributed by atoms with Crippen molar-refractivity contribution < 1.29 is 24.2 Å². The first-order chi connectivity index (χ1) is 20.4. The zero-order valence-electron chi connectivity index (χ0n) is 23.4. The molecule has 42 heavy (non-hydrogen) atoms. The Morgan fingerprint density at radius 1 is 0.786 bits per heavy atom. The summed E-state index contributed by atoms with van der Waals surface area (Å²) in [5.74, 6) is -2.50. The van der Waals surface area contributed by atoms with Gasteiger partial charge in [0, 0.05) is 37.6 Å². The van der Waals surface area contributed by atoms with Gasteiger partial charge in [-0.05, 0) is 48.4 Å². The van der Waals surface area contributed by atoms with Crippen molar-refractivity contribution in [2.24, 2.45) is 11.8 Å². The molecular formula is C34H33N3O5. The molecule has 4 heterocycles. The molecule has 3 aromatic carbocycles. The second-order valence-corrected chi connectivity index (χ2v) is 11.7. The summed E-state index contributed by atoms with van der Waals surface area (Å²) < 4.78 is 6.89. The number of aliphatic hydroxyl groups excluding tert-OH is 1. The Hall–Kier alpha value is -4.27. The van der Waals surface area contributed by atoms with E-state index >= 15 is 0 Å². The number of likely N-dealkylation sites (tertiary alicyclic amines) is 1. The van der Waals surface area contributed by atoms with Crippen molar-refractivity contribution in [2.45, 2.75) is 30.6 Å². The highest BCUT2D eigenvalue weighted by molar-refractivity contribution is 6.08. The average molecular weight is 564 g/mol. The van der Waals surface area contributed by atoms with Gasteiger partial charge >= 0.3 is 0 Å². The number of carbonyl (C=O) groups is 3. The molecule has 4 aliphatic heterocycles. The van der Waals surface area contributed by atoms with Crippen LogP contribution in [0.2, 0.25) is 0 Å². The molecular weight excluding hydrogens is 530 g/mol. The largest absolute Gasteiger partial charge is 0.396 e. The van der Waals surface area contributed by atoms with Gasteiger partial charge in [0.25, 0.3) is 5.91 Å². The lowest BCUT2D eigenvalue weighted by Crippen LogP contribution is -2.56. The first-order valence-corrected chi connectivity index (χ1v) is 14.5. The van der Waals surface area contributed by atoms with Crippen molar-refractivity contribution in [2.75, 3.05) is 36.0 Å². The lowest BCUT2D eigenvalue weighted by Gasteiger charge is -2.37. The minimum atomic E-state index is -1.34. The van der Waals surface area contributed by atoms with E-state index in [1.54, 1.807) is 14.7 Å². The minimum absolute atomic E-state index is 0.127. The second-order valence-electron chi connectivity index (χ2n) is 11.7. The van der Waals surface area contributed by atoms with Crippen LogP contribution in [-0.2, 0) is 19.1 Å². The molecule has 214 valence electrons. The number of ether oxygens (including phenoxy) is 1. The van der Waals surface area contributed by atoms with Crippen molar-refractivity contribution in [1.29, 1.82) is 0 Å². The lowest BCUT2D eigenvalue weighted by atomic mass is 9.74. The summed E-state index contributed by atoms with van der Waals surface area (Å²) in [7, 11) is 0. The number of nitrogens with zero attached hydrogens (tertiary/aromatic N) is 3. The monoisotopic (exact) mass is 563 g/mol. The van der Waals surface area contributed by atoms with Gasteiger partial charge < -0.3 is 24.5 Å². The molecule has 0 radical (unpaired) electrons. The van der Waals surface area contributed by atoms with Crippen LogP contribution in [0.5, 0.6) is 0 Å². The SMILES string of the molecule is C[C@@]12C=CCN(c3ccccc3)C(=O)[C@@H]1[C@H]1C(=O)N(CCCO)C3C(=O)N(c4ccc5ccccc5c4)CC=C[C@@]31O2. The Morgan fingerprint density at radius 2 is 1.48 bits per heavy atom. The van der Waals surface area contributed by atoms with E-state index < -0.39 is 29.1 Å². The minimum Gasteiger partial charge on any atom is -0.396 e. The van der Waals surface area contributed by atoms with E-state index in [9.17, 15) is 19.5 Å². The molecule has 0 bridgehead atoms. The maximum Gasteiger partial charge on any atom is 0.253 e. The van der Waals surface area contributed by atoms with Crippen LogP contribution in [-0.4, -0.2) is 71.2 Å². The molecule has 5 atom stereocenters. The van der Waals surface area contributed by atoms with E-state index in [0.29, 0.717) is 19.5 Å². The number of hydrogen-bond donors (Lipinski definition) is 1. The summed E-state index contributed by atoms with van der Waals surface area (Å²) in [6, 6.07) is 22.3. The predicted molar refractivity (Wildman–Crippen MR) is 160 cm³/mol. The number of benzene rings is 3. The van der Waals surface area contributed by atoms with Crippen molar-refractivity contribution in [3.05, 3.63) is 97.1 Å². The summed E-state index contributed by atoms with van der Waals surface area (Å²) in [5, 5.41) is 11.8. The van der Waals surface area contributed by atoms with E-state index in [1.807, 2.05) is 104 Å². The van der Waals surface area contributed by atoms with Crippen LogP contribution >= 0.6 is 0 Å². The quantitative estimate of drug-likeness (QED) is 0.479. The van der Waals surface area contributed by atoms with Crippen molar-refractivity contribution in [1.82, 2.24) is 4.90 Å². The fraction of sp³-hybridized carbons (Fsp3) is 0.324. The topological polar surface area (TPSA) is 90.4 Å². The molecule has 8 nitrogen and oxygen atoms in total. The summed E-state index contributed by atoms with van der Waals surface area (Å²) in [4.78, 5) is 48.3. The van der Waals surface area contributed by atoms with Crippen LogP contribution in [0.25, 0.3) is 10.8 Å². The Bertz CT molecular complexity index is 1640. The maximum absolute atomic E-state index is 14.6. The van der Waals surface area contributed by atoms with Gasteiger partial charge in [-0.15, -0.1) is 0 Å². The fourth-order valence-corrected chi connectivity index (χ4v) is 7.42. The van der Waals surface area contributed by atoms with Crippen LogP contribution in [0.4, 0.5) is 11.4 Å². The van der Waals surface area contributed by atoms with Gasteiger partial charge in [-0.2, -0.15) is 0 Å². The molecule has 2 saturated heterocycles. The van der Waals surface area contributed by atoms with Crippen LogP contribution in [0.3, 0.4) is 0 Å². The van der Waals surface area contributed by atoms with Crippen molar-refractivity contribution in [3.63, 3.8) is 0 Å². The van der Waals surface area contributed by atoms with Gasteiger partial charge in [-0.1, -0.05) is 72.8 Å². The molecule has 0 aromatic heterocycles. The number of carbonyl (C=O) groups excluding carboxylic acids is 3.